The van der Waals surface area contributed by atoms with E-state index in [1.165, 1.54) is 6.92 Å². The SMILES string of the molecule is CC(O)C(=O)O.O=C(O)CBr. The van der Waals surface area contributed by atoms with Crippen LogP contribution in [0.15, 0.2) is 0 Å². The molecule has 0 aliphatic heterocycles. The number of aliphatic hydroxyl groups is 1. The second kappa shape index (κ2) is 7.49. The molecular weight excluding hydrogens is 220 g/mol. The molecular formula is C5H9BrO5. The standard InChI is InChI=1S/C3H6O3.C2H3BrO2/c1-2(4)3(5)6;3-1-2(4)5/h2,4H,1H3,(H,5,6);1H2,(H,4,5). The van der Waals surface area contributed by atoms with E-state index in [-0.39, 0.29) is 5.33 Å². The van der Waals surface area contributed by atoms with Crippen LogP contribution in [0.4, 0.5) is 0 Å². The molecule has 0 spiro atoms. The van der Waals surface area contributed by atoms with E-state index in [9.17, 15) is 9.59 Å². The maximum Gasteiger partial charge on any atom is 0.332 e. The van der Waals surface area contributed by atoms with E-state index in [4.69, 9.17) is 15.3 Å². The average Bonchev–Trinajstić information content (AvgIpc) is 1.89. The van der Waals surface area contributed by atoms with Crippen molar-refractivity contribution in [2.24, 2.45) is 0 Å². The highest BCUT2D eigenvalue weighted by Crippen LogP contribution is 1.73. The zero-order chi connectivity index (χ0) is 9.44. The molecule has 66 valence electrons. The molecule has 0 saturated carbocycles. The van der Waals surface area contributed by atoms with Gasteiger partial charge in [0.2, 0.25) is 0 Å². The van der Waals surface area contributed by atoms with Gasteiger partial charge in [-0.1, -0.05) is 15.9 Å². The molecule has 0 aliphatic rings. The van der Waals surface area contributed by atoms with Gasteiger partial charge in [-0.15, -0.1) is 0 Å². The lowest BCUT2D eigenvalue weighted by atomic mass is 10.4. The van der Waals surface area contributed by atoms with E-state index in [0.29, 0.717) is 0 Å². The maximum absolute atomic E-state index is 9.45. The fourth-order valence-electron chi connectivity index (χ4n) is 0. The Labute approximate surface area is 71.8 Å². The zero-order valence-electron chi connectivity index (χ0n) is 5.82. The lowest BCUT2D eigenvalue weighted by Crippen LogP contribution is -2.13. The molecule has 0 rings (SSSR count). The minimum Gasteiger partial charge on any atom is -0.481 e. The third-order valence-electron chi connectivity index (χ3n) is 0.472. The number of halogens is 1. The summed E-state index contributed by atoms with van der Waals surface area (Å²) in [5, 5.41) is 23.5. The van der Waals surface area contributed by atoms with Gasteiger partial charge in [0.05, 0.1) is 0 Å². The molecule has 11 heavy (non-hydrogen) atoms. The van der Waals surface area contributed by atoms with Crippen molar-refractivity contribution >= 4 is 27.9 Å². The molecule has 5 nitrogen and oxygen atoms in total. The first-order chi connectivity index (χ1) is 4.91. The molecule has 0 saturated heterocycles. The smallest absolute Gasteiger partial charge is 0.332 e. The van der Waals surface area contributed by atoms with Crippen molar-refractivity contribution in [3.8, 4) is 0 Å². The molecule has 0 heterocycles. The maximum atomic E-state index is 9.45. The third kappa shape index (κ3) is 17.7. The van der Waals surface area contributed by atoms with Crippen molar-refractivity contribution < 1.29 is 24.9 Å². The zero-order valence-corrected chi connectivity index (χ0v) is 7.41. The molecule has 0 fully saturated rings. The van der Waals surface area contributed by atoms with Gasteiger partial charge in [0.1, 0.15) is 11.4 Å². The summed E-state index contributed by atoms with van der Waals surface area (Å²) in [6, 6.07) is 0. The van der Waals surface area contributed by atoms with E-state index in [1.54, 1.807) is 0 Å². The summed E-state index contributed by atoms with van der Waals surface area (Å²) >= 11 is 2.71. The Balaban J connectivity index is 0. The van der Waals surface area contributed by atoms with Gasteiger partial charge < -0.3 is 15.3 Å². The van der Waals surface area contributed by atoms with Gasteiger partial charge in [0.25, 0.3) is 0 Å². The molecule has 6 heteroatoms. The van der Waals surface area contributed by atoms with Crippen molar-refractivity contribution in [2.75, 3.05) is 5.33 Å². The number of rotatable bonds is 2. The number of aliphatic hydroxyl groups excluding tert-OH is 1. The van der Waals surface area contributed by atoms with Crippen LogP contribution in [0.25, 0.3) is 0 Å². The van der Waals surface area contributed by atoms with Crippen molar-refractivity contribution in [1.29, 1.82) is 0 Å². The molecule has 0 aromatic carbocycles. The summed E-state index contributed by atoms with van der Waals surface area (Å²) in [5.74, 6) is -2.01. The monoisotopic (exact) mass is 228 g/mol. The van der Waals surface area contributed by atoms with Crippen molar-refractivity contribution in [3.63, 3.8) is 0 Å². The van der Waals surface area contributed by atoms with Gasteiger partial charge in [0, 0.05) is 0 Å². The highest BCUT2D eigenvalue weighted by molar-refractivity contribution is 9.09. The summed E-state index contributed by atoms with van der Waals surface area (Å²) < 4.78 is 0. The molecule has 0 amide bonds. The Morgan fingerprint density at radius 3 is 1.64 bits per heavy atom. The third-order valence-corrected chi connectivity index (χ3v) is 0.951. The summed E-state index contributed by atoms with van der Waals surface area (Å²) in [6.07, 6.45) is -1.23. The molecule has 0 radical (unpaired) electrons. The van der Waals surface area contributed by atoms with Crippen LogP contribution in [-0.2, 0) is 9.59 Å². The predicted octanol–water partition coefficient (Wildman–Crippen LogP) is -0.0823. The summed E-state index contributed by atoms with van der Waals surface area (Å²) in [5.41, 5.74) is 0. The van der Waals surface area contributed by atoms with E-state index in [0.717, 1.165) is 0 Å². The van der Waals surface area contributed by atoms with Crippen LogP contribution in [0, 0.1) is 0 Å². The quantitative estimate of drug-likeness (QED) is 0.575. The van der Waals surface area contributed by atoms with E-state index in [1.807, 2.05) is 0 Å². The summed E-state index contributed by atoms with van der Waals surface area (Å²) in [4.78, 5) is 18.8. The highest BCUT2D eigenvalue weighted by atomic mass is 79.9. The van der Waals surface area contributed by atoms with Gasteiger partial charge in [0.15, 0.2) is 0 Å². The van der Waals surface area contributed by atoms with Crippen LogP contribution < -0.4 is 0 Å². The number of aliphatic carboxylic acids is 2. The van der Waals surface area contributed by atoms with Crippen LogP contribution in [0.3, 0.4) is 0 Å². The van der Waals surface area contributed by atoms with E-state index in [2.05, 4.69) is 15.9 Å². The number of hydrogen-bond acceptors (Lipinski definition) is 3. The van der Waals surface area contributed by atoms with Crippen LogP contribution in [0.1, 0.15) is 6.92 Å². The highest BCUT2D eigenvalue weighted by Gasteiger charge is 2.01. The number of carboxylic acid groups (broad SMARTS) is 2. The van der Waals surface area contributed by atoms with Gasteiger partial charge >= 0.3 is 11.9 Å². The lowest BCUT2D eigenvalue weighted by Gasteiger charge is -1.89. The first-order valence-corrected chi connectivity index (χ1v) is 3.72. The molecule has 1 atom stereocenters. The van der Waals surface area contributed by atoms with E-state index < -0.39 is 18.0 Å². The number of alkyl halides is 1. The fraction of sp³-hybridized carbons (Fsp3) is 0.600. The Morgan fingerprint density at radius 2 is 1.64 bits per heavy atom. The van der Waals surface area contributed by atoms with Crippen LogP contribution >= 0.6 is 15.9 Å². The second-order valence-electron chi connectivity index (χ2n) is 1.54. The molecule has 1 unspecified atom stereocenters. The van der Waals surface area contributed by atoms with Gasteiger partial charge in [-0.25, -0.2) is 4.79 Å². The van der Waals surface area contributed by atoms with Crippen LogP contribution in [0.2, 0.25) is 0 Å². The second-order valence-corrected chi connectivity index (χ2v) is 2.10. The van der Waals surface area contributed by atoms with Gasteiger partial charge in [-0.3, -0.25) is 4.79 Å². The average molecular weight is 229 g/mol. The van der Waals surface area contributed by atoms with Crippen LogP contribution in [-0.4, -0.2) is 38.7 Å². The van der Waals surface area contributed by atoms with Crippen LogP contribution in [0.5, 0.6) is 0 Å². The van der Waals surface area contributed by atoms with Crippen molar-refractivity contribution in [3.05, 3.63) is 0 Å². The molecule has 3 N–H and O–H groups in total. The number of carbonyl (C=O) groups is 2. The van der Waals surface area contributed by atoms with Crippen molar-refractivity contribution in [1.82, 2.24) is 0 Å². The topological polar surface area (TPSA) is 94.8 Å². The Hall–Kier alpha value is -0.620. The lowest BCUT2D eigenvalue weighted by molar-refractivity contribution is -0.145. The normalized spacial score (nSPS) is 10.8. The Morgan fingerprint density at radius 1 is 1.45 bits per heavy atom. The van der Waals surface area contributed by atoms with Gasteiger partial charge in [-0.05, 0) is 6.92 Å². The van der Waals surface area contributed by atoms with E-state index >= 15 is 0 Å². The Bertz CT molecular complexity index is 133. The number of hydrogen-bond donors (Lipinski definition) is 3. The fourth-order valence-corrected chi connectivity index (χ4v) is 0. The largest absolute Gasteiger partial charge is 0.481 e. The summed E-state index contributed by atoms with van der Waals surface area (Å²) in [7, 11) is 0. The van der Waals surface area contributed by atoms with Gasteiger partial charge in [-0.2, -0.15) is 0 Å². The van der Waals surface area contributed by atoms with Crippen molar-refractivity contribution in [2.45, 2.75) is 13.0 Å². The Kier molecular flexibility index (Phi) is 8.85. The number of carboxylic acids is 2. The first kappa shape index (κ1) is 13.0. The molecule has 0 aromatic heterocycles. The summed E-state index contributed by atoms with van der Waals surface area (Å²) in [6.45, 7) is 1.20. The molecule has 0 aromatic rings. The molecule has 0 bridgehead atoms. The minimum absolute atomic E-state index is 0.0347. The minimum atomic E-state index is -1.23. The first-order valence-electron chi connectivity index (χ1n) is 2.60. The predicted molar refractivity (Wildman–Crippen MR) is 40.7 cm³/mol. The molecule has 0 aliphatic carbocycles.